The number of nitrogens with zero attached hydrogens (tertiary/aromatic N) is 1. The second-order valence-corrected chi connectivity index (χ2v) is 14.0. The van der Waals surface area contributed by atoms with Crippen LogP contribution in [0.25, 0.3) is 0 Å². The van der Waals surface area contributed by atoms with Crippen molar-refractivity contribution < 1.29 is 14.6 Å². The van der Waals surface area contributed by atoms with Gasteiger partial charge in [-0.15, -0.1) is 6.58 Å². The third-order valence-electron chi connectivity index (χ3n) is 5.89. The molecule has 1 aromatic carbocycles. The molecule has 2 atom stereocenters. The van der Waals surface area contributed by atoms with Crippen LogP contribution in [-0.4, -0.2) is 41.9 Å². The Hall–Kier alpha value is -1.59. The third-order valence-corrected chi connectivity index (χ3v) is 8.17. The van der Waals surface area contributed by atoms with Crippen LogP contribution in [0.2, 0.25) is 19.6 Å². The van der Waals surface area contributed by atoms with Gasteiger partial charge in [-0.2, -0.15) is 0 Å². The Balaban J connectivity index is 1.70. The second kappa shape index (κ2) is 7.20. The highest BCUT2D eigenvalue weighted by atomic mass is 28.3. The van der Waals surface area contributed by atoms with Crippen LogP contribution in [0.4, 0.5) is 4.79 Å². The zero-order chi connectivity index (χ0) is 18.9. The van der Waals surface area contributed by atoms with Crippen molar-refractivity contribution in [3.05, 3.63) is 47.7 Å². The topological polar surface area (TPSA) is 49.8 Å². The molecule has 0 spiro atoms. The SMILES string of the molecule is C=C(C1(O)CC2CCCC(C1)N2C(=O)OCc1ccccc1)[Si](C)(C)C. The first-order valence-corrected chi connectivity index (χ1v) is 13.1. The summed E-state index contributed by atoms with van der Waals surface area (Å²) in [6, 6.07) is 9.85. The Labute approximate surface area is 157 Å². The van der Waals surface area contributed by atoms with Crippen LogP contribution in [0.15, 0.2) is 42.1 Å². The second-order valence-electron chi connectivity index (χ2n) is 8.85. The number of fused-ring (bicyclic) bond motifs is 2. The van der Waals surface area contributed by atoms with Gasteiger partial charge in [0.05, 0.1) is 13.7 Å². The van der Waals surface area contributed by atoms with E-state index in [-0.39, 0.29) is 18.2 Å². The van der Waals surface area contributed by atoms with Crippen molar-refractivity contribution in [1.29, 1.82) is 0 Å². The van der Waals surface area contributed by atoms with Crippen molar-refractivity contribution in [1.82, 2.24) is 4.90 Å². The summed E-state index contributed by atoms with van der Waals surface area (Å²) >= 11 is 0. The van der Waals surface area contributed by atoms with Gasteiger partial charge in [0, 0.05) is 24.9 Å². The number of hydrogen-bond acceptors (Lipinski definition) is 3. The van der Waals surface area contributed by atoms with Crippen LogP contribution in [-0.2, 0) is 11.3 Å². The summed E-state index contributed by atoms with van der Waals surface area (Å²) in [6.07, 6.45) is 3.90. The monoisotopic (exact) mass is 373 g/mol. The maximum absolute atomic E-state index is 12.8. The molecule has 0 saturated carbocycles. The molecule has 3 rings (SSSR count). The number of rotatable bonds is 4. The van der Waals surface area contributed by atoms with E-state index in [0.717, 1.165) is 30.0 Å². The summed E-state index contributed by atoms with van der Waals surface area (Å²) in [7, 11) is -1.66. The molecule has 2 aliphatic rings. The van der Waals surface area contributed by atoms with E-state index in [2.05, 4.69) is 26.2 Å². The Kier molecular flexibility index (Phi) is 5.31. The number of ether oxygens (including phenoxy) is 1. The summed E-state index contributed by atoms with van der Waals surface area (Å²) in [4.78, 5) is 14.7. The number of amides is 1. The predicted molar refractivity (Wildman–Crippen MR) is 107 cm³/mol. The van der Waals surface area contributed by atoms with Gasteiger partial charge in [-0.3, -0.25) is 0 Å². The number of piperidine rings is 2. The predicted octanol–water partition coefficient (Wildman–Crippen LogP) is 4.50. The van der Waals surface area contributed by atoms with Crippen LogP contribution in [0.3, 0.4) is 0 Å². The van der Waals surface area contributed by atoms with Crippen molar-refractivity contribution in [3.63, 3.8) is 0 Å². The molecule has 0 aromatic heterocycles. The molecule has 5 heteroatoms. The van der Waals surface area contributed by atoms with E-state index in [1.165, 1.54) is 0 Å². The fourth-order valence-electron chi connectivity index (χ4n) is 4.47. The fourth-order valence-corrected chi connectivity index (χ4v) is 6.07. The lowest BCUT2D eigenvalue weighted by Gasteiger charge is -2.53. The zero-order valence-corrected chi connectivity index (χ0v) is 17.2. The highest BCUT2D eigenvalue weighted by molar-refractivity contribution is 6.83. The Morgan fingerprint density at radius 1 is 1.23 bits per heavy atom. The molecule has 2 aliphatic heterocycles. The Morgan fingerprint density at radius 2 is 1.81 bits per heavy atom. The summed E-state index contributed by atoms with van der Waals surface area (Å²) in [5, 5.41) is 12.4. The van der Waals surface area contributed by atoms with Crippen LogP contribution in [0.1, 0.15) is 37.7 Å². The third kappa shape index (κ3) is 3.89. The first-order chi connectivity index (χ1) is 12.2. The molecule has 2 bridgehead atoms. The summed E-state index contributed by atoms with van der Waals surface area (Å²) in [5.74, 6) is 0. The van der Waals surface area contributed by atoms with Crippen molar-refractivity contribution >= 4 is 14.2 Å². The van der Waals surface area contributed by atoms with Gasteiger partial charge in [-0.1, -0.05) is 55.2 Å². The van der Waals surface area contributed by atoms with Gasteiger partial charge in [0.2, 0.25) is 0 Å². The van der Waals surface area contributed by atoms with Crippen LogP contribution in [0, 0.1) is 0 Å². The number of hydrogen-bond donors (Lipinski definition) is 1. The lowest BCUT2D eigenvalue weighted by atomic mass is 9.75. The van der Waals surface area contributed by atoms with Gasteiger partial charge in [0.15, 0.2) is 0 Å². The summed E-state index contributed by atoms with van der Waals surface area (Å²) in [5.41, 5.74) is 0.155. The molecular weight excluding hydrogens is 342 g/mol. The fraction of sp³-hybridized carbons (Fsp3) is 0.571. The lowest BCUT2D eigenvalue weighted by Crippen LogP contribution is -2.61. The van der Waals surface area contributed by atoms with E-state index >= 15 is 0 Å². The first-order valence-electron chi connectivity index (χ1n) is 9.62. The van der Waals surface area contributed by atoms with Crippen LogP contribution < -0.4 is 0 Å². The Morgan fingerprint density at radius 3 is 2.35 bits per heavy atom. The van der Waals surface area contributed by atoms with E-state index in [1.807, 2.05) is 35.2 Å². The standard InChI is InChI=1S/C21H31NO3Si/c1-16(26(2,3)4)21(24)13-18-11-8-12-19(14-21)22(18)20(23)25-15-17-9-6-5-7-10-17/h5-7,9-10,18-19,24H,1,8,11-15H2,2-4H3. The molecule has 0 aliphatic carbocycles. The molecule has 2 heterocycles. The highest BCUT2D eigenvalue weighted by Crippen LogP contribution is 2.44. The highest BCUT2D eigenvalue weighted by Gasteiger charge is 2.50. The smallest absolute Gasteiger partial charge is 0.410 e. The molecule has 1 aromatic rings. The van der Waals surface area contributed by atoms with Crippen LogP contribution >= 0.6 is 0 Å². The number of benzene rings is 1. The summed E-state index contributed by atoms with van der Waals surface area (Å²) in [6.45, 7) is 11.2. The van der Waals surface area contributed by atoms with Crippen LogP contribution in [0.5, 0.6) is 0 Å². The van der Waals surface area contributed by atoms with E-state index in [4.69, 9.17) is 4.74 Å². The molecule has 1 N–H and O–H groups in total. The van der Waals surface area contributed by atoms with E-state index in [1.54, 1.807) is 0 Å². The quantitative estimate of drug-likeness (QED) is 0.790. The molecule has 2 saturated heterocycles. The van der Waals surface area contributed by atoms with Crippen molar-refractivity contribution in [2.45, 2.75) is 76.0 Å². The number of carbonyl (C=O) groups excluding carboxylic acids is 1. The maximum Gasteiger partial charge on any atom is 0.410 e. The van der Waals surface area contributed by atoms with E-state index in [0.29, 0.717) is 19.4 Å². The molecule has 4 nitrogen and oxygen atoms in total. The molecular formula is C21H31NO3Si. The van der Waals surface area contributed by atoms with E-state index in [9.17, 15) is 9.90 Å². The van der Waals surface area contributed by atoms with Gasteiger partial charge in [-0.05, 0) is 24.8 Å². The molecule has 2 unspecified atom stereocenters. The zero-order valence-electron chi connectivity index (χ0n) is 16.2. The molecule has 26 heavy (non-hydrogen) atoms. The van der Waals surface area contributed by atoms with Crippen molar-refractivity contribution in [2.75, 3.05) is 0 Å². The van der Waals surface area contributed by atoms with Gasteiger partial charge < -0.3 is 14.7 Å². The minimum Gasteiger partial charge on any atom is -0.445 e. The lowest BCUT2D eigenvalue weighted by molar-refractivity contribution is -0.0625. The van der Waals surface area contributed by atoms with E-state index < -0.39 is 13.7 Å². The maximum atomic E-state index is 12.8. The minimum atomic E-state index is -1.66. The van der Waals surface area contributed by atoms with Crippen molar-refractivity contribution in [2.24, 2.45) is 0 Å². The van der Waals surface area contributed by atoms with Gasteiger partial charge in [-0.25, -0.2) is 4.79 Å². The molecule has 2 fully saturated rings. The molecule has 0 radical (unpaired) electrons. The summed E-state index contributed by atoms with van der Waals surface area (Å²) < 4.78 is 5.59. The van der Waals surface area contributed by atoms with Gasteiger partial charge in [0.1, 0.15) is 6.61 Å². The largest absolute Gasteiger partial charge is 0.445 e. The molecule has 142 valence electrons. The average Bonchev–Trinajstić information content (AvgIpc) is 2.58. The Bertz CT molecular complexity index is 654. The van der Waals surface area contributed by atoms with Gasteiger partial charge >= 0.3 is 6.09 Å². The molecule has 1 amide bonds. The number of carbonyl (C=O) groups is 1. The van der Waals surface area contributed by atoms with Gasteiger partial charge in [0.25, 0.3) is 0 Å². The van der Waals surface area contributed by atoms with Crippen molar-refractivity contribution in [3.8, 4) is 0 Å². The first kappa shape index (κ1) is 19.2. The normalized spacial score (nSPS) is 28.5. The minimum absolute atomic E-state index is 0.0453. The number of aliphatic hydroxyl groups is 1. The average molecular weight is 374 g/mol.